The van der Waals surface area contributed by atoms with Gasteiger partial charge in [-0.1, -0.05) is 20.8 Å². The van der Waals surface area contributed by atoms with Crippen molar-refractivity contribution >= 4 is 0 Å². The number of nitrogens with one attached hydrogen (secondary N) is 1. The third kappa shape index (κ3) is 4.73. The fourth-order valence-electron chi connectivity index (χ4n) is 2.99. The largest absolute Gasteiger partial charge is 0.314 e. The maximum atomic E-state index is 3.66. The topological polar surface area (TPSA) is 18.5 Å². The molecule has 1 fully saturated rings. The van der Waals surface area contributed by atoms with Gasteiger partial charge < -0.3 is 5.32 Å². The smallest absolute Gasteiger partial charge is 0.0195 e. The highest BCUT2D eigenvalue weighted by Gasteiger charge is 2.32. The van der Waals surface area contributed by atoms with Gasteiger partial charge in [0.2, 0.25) is 0 Å². The van der Waals surface area contributed by atoms with E-state index in [1.165, 1.54) is 26.1 Å². The molecule has 0 bridgehead atoms. The van der Waals surface area contributed by atoms with E-state index in [-0.39, 0.29) is 0 Å². The molecule has 114 valence electrons. The highest BCUT2D eigenvalue weighted by Crippen LogP contribution is 2.24. The first-order valence-electron chi connectivity index (χ1n) is 7.95. The summed E-state index contributed by atoms with van der Waals surface area (Å²) in [5, 5.41) is 3.66. The molecular weight excluding hydrogens is 234 g/mol. The van der Waals surface area contributed by atoms with Gasteiger partial charge in [0, 0.05) is 37.8 Å². The Bertz CT molecular complexity index is 253. The summed E-state index contributed by atoms with van der Waals surface area (Å²) >= 11 is 0. The Morgan fingerprint density at radius 2 is 1.74 bits per heavy atom. The lowest BCUT2D eigenvalue weighted by atomic mass is 9.84. The van der Waals surface area contributed by atoms with E-state index in [2.05, 4.69) is 63.7 Å². The standard InChI is InChI=1S/C16H35N3/c1-8-9-17-15(4)16(5,6)12-19-10-13(2)18(7)14(3)11-19/h13-15,17H,8-12H2,1-7H3. The Kier molecular flexibility index (Phi) is 6.28. The van der Waals surface area contributed by atoms with Crippen LogP contribution in [0.5, 0.6) is 0 Å². The Morgan fingerprint density at radius 3 is 2.21 bits per heavy atom. The van der Waals surface area contributed by atoms with Crippen LogP contribution in [0.25, 0.3) is 0 Å². The molecule has 0 spiro atoms. The van der Waals surface area contributed by atoms with Crippen molar-refractivity contribution in [2.75, 3.05) is 33.2 Å². The molecule has 1 aliphatic rings. The molecule has 0 saturated carbocycles. The zero-order valence-corrected chi connectivity index (χ0v) is 14.2. The molecule has 1 saturated heterocycles. The summed E-state index contributed by atoms with van der Waals surface area (Å²) < 4.78 is 0. The van der Waals surface area contributed by atoms with Crippen LogP contribution < -0.4 is 5.32 Å². The number of hydrogen-bond acceptors (Lipinski definition) is 3. The van der Waals surface area contributed by atoms with Crippen molar-refractivity contribution in [3.63, 3.8) is 0 Å². The van der Waals surface area contributed by atoms with Crippen LogP contribution in [-0.4, -0.2) is 61.2 Å². The van der Waals surface area contributed by atoms with Gasteiger partial charge in [-0.25, -0.2) is 0 Å². The maximum Gasteiger partial charge on any atom is 0.0195 e. The van der Waals surface area contributed by atoms with Gasteiger partial charge >= 0.3 is 0 Å². The Morgan fingerprint density at radius 1 is 1.21 bits per heavy atom. The molecule has 1 heterocycles. The molecular formula is C16H35N3. The first kappa shape index (κ1) is 16.9. The fourth-order valence-corrected chi connectivity index (χ4v) is 2.99. The van der Waals surface area contributed by atoms with E-state index < -0.39 is 0 Å². The summed E-state index contributed by atoms with van der Waals surface area (Å²) in [5.74, 6) is 0. The van der Waals surface area contributed by atoms with Gasteiger partial charge in [-0.3, -0.25) is 9.80 Å². The monoisotopic (exact) mass is 269 g/mol. The molecule has 3 atom stereocenters. The zero-order chi connectivity index (χ0) is 14.6. The molecule has 1 aliphatic heterocycles. The second kappa shape index (κ2) is 7.05. The summed E-state index contributed by atoms with van der Waals surface area (Å²) in [4.78, 5) is 5.15. The molecule has 0 aromatic carbocycles. The van der Waals surface area contributed by atoms with Crippen molar-refractivity contribution in [3.05, 3.63) is 0 Å². The van der Waals surface area contributed by atoms with E-state index >= 15 is 0 Å². The van der Waals surface area contributed by atoms with Crippen LogP contribution in [0, 0.1) is 5.41 Å². The van der Waals surface area contributed by atoms with Crippen LogP contribution in [0.1, 0.15) is 48.0 Å². The SMILES string of the molecule is CCCNC(C)C(C)(C)CN1CC(C)N(C)C(C)C1. The summed E-state index contributed by atoms with van der Waals surface area (Å²) in [6.07, 6.45) is 1.21. The van der Waals surface area contributed by atoms with Crippen LogP contribution in [-0.2, 0) is 0 Å². The molecule has 0 radical (unpaired) electrons. The van der Waals surface area contributed by atoms with Gasteiger partial charge in [0.25, 0.3) is 0 Å². The minimum absolute atomic E-state index is 0.324. The quantitative estimate of drug-likeness (QED) is 0.799. The molecule has 19 heavy (non-hydrogen) atoms. The summed E-state index contributed by atoms with van der Waals surface area (Å²) in [6, 6.07) is 1.90. The molecule has 3 nitrogen and oxygen atoms in total. The molecule has 0 aromatic heterocycles. The number of rotatable bonds is 6. The Labute approximate surface area is 120 Å². The van der Waals surface area contributed by atoms with Crippen LogP contribution in [0.15, 0.2) is 0 Å². The minimum atomic E-state index is 0.324. The third-order valence-electron chi connectivity index (χ3n) is 4.94. The zero-order valence-electron chi connectivity index (χ0n) is 14.2. The van der Waals surface area contributed by atoms with Crippen molar-refractivity contribution < 1.29 is 0 Å². The van der Waals surface area contributed by atoms with Crippen LogP contribution in [0.4, 0.5) is 0 Å². The number of nitrogens with zero attached hydrogens (tertiary/aromatic N) is 2. The lowest BCUT2D eigenvalue weighted by Crippen LogP contribution is -2.58. The van der Waals surface area contributed by atoms with Crippen molar-refractivity contribution in [3.8, 4) is 0 Å². The number of hydrogen-bond donors (Lipinski definition) is 1. The molecule has 1 N–H and O–H groups in total. The summed E-state index contributed by atoms with van der Waals surface area (Å²) in [7, 11) is 2.25. The van der Waals surface area contributed by atoms with E-state index in [1.807, 2.05) is 0 Å². The van der Waals surface area contributed by atoms with E-state index in [9.17, 15) is 0 Å². The lowest BCUT2D eigenvalue weighted by Gasteiger charge is -2.46. The Balaban J connectivity index is 2.53. The highest BCUT2D eigenvalue weighted by atomic mass is 15.3. The van der Waals surface area contributed by atoms with Crippen molar-refractivity contribution in [2.24, 2.45) is 5.41 Å². The average molecular weight is 269 g/mol. The van der Waals surface area contributed by atoms with Gasteiger partial charge in [-0.05, 0) is 46.2 Å². The third-order valence-corrected chi connectivity index (χ3v) is 4.94. The van der Waals surface area contributed by atoms with E-state index in [4.69, 9.17) is 0 Å². The van der Waals surface area contributed by atoms with Crippen molar-refractivity contribution in [1.82, 2.24) is 15.1 Å². The highest BCUT2D eigenvalue weighted by molar-refractivity contribution is 4.89. The van der Waals surface area contributed by atoms with Crippen molar-refractivity contribution in [2.45, 2.75) is 66.1 Å². The van der Waals surface area contributed by atoms with Gasteiger partial charge in [0.05, 0.1) is 0 Å². The van der Waals surface area contributed by atoms with Crippen molar-refractivity contribution in [1.29, 1.82) is 0 Å². The summed E-state index contributed by atoms with van der Waals surface area (Å²) in [6.45, 7) is 18.8. The molecule has 0 aromatic rings. The molecule has 0 amide bonds. The lowest BCUT2D eigenvalue weighted by molar-refractivity contribution is 0.0313. The van der Waals surface area contributed by atoms with Crippen LogP contribution >= 0.6 is 0 Å². The maximum absolute atomic E-state index is 3.66. The molecule has 0 aliphatic carbocycles. The fraction of sp³-hybridized carbons (Fsp3) is 1.00. The second-order valence-electron chi connectivity index (χ2n) is 7.22. The predicted molar refractivity (Wildman–Crippen MR) is 84.7 cm³/mol. The van der Waals surface area contributed by atoms with E-state index in [0.29, 0.717) is 23.5 Å². The Hall–Kier alpha value is -0.120. The van der Waals surface area contributed by atoms with Crippen LogP contribution in [0.3, 0.4) is 0 Å². The van der Waals surface area contributed by atoms with E-state index in [0.717, 1.165) is 6.54 Å². The second-order valence-corrected chi connectivity index (χ2v) is 7.22. The predicted octanol–water partition coefficient (Wildman–Crippen LogP) is 2.43. The van der Waals surface area contributed by atoms with Crippen LogP contribution in [0.2, 0.25) is 0 Å². The van der Waals surface area contributed by atoms with Gasteiger partial charge in [0.1, 0.15) is 0 Å². The number of likely N-dealkylation sites (N-methyl/N-ethyl adjacent to an activating group) is 1. The van der Waals surface area contributed by atoms with Gasteiger partial charge in [0.15, 0.2) is 0 Å². The first-order valence-corrected chi connectivity index (χ1v) is 7.95. The average Bonchev–Trinajstić information content (AvgIpc) is 2.32. The van der Waals surface area contributed by atoms with E-state index in [1.54, 1.807) is 0 Å². The molecule has 3 unspecified atom stereocenters. The normalized spacial score (nSPS) is 28.6. The molecule has 3 heteroatoms. The van der Waals surface area contributed by atoms with Gasteiger partial charge in [-0.2, -0.15) is 0 Å². The molecule has 1 rings (SSSR count). The number of piperazine rings is 1. The minimum Gasteiger partial charge on any atom is -0.314 e. The van der Waals surface area contributed by atoms with Gasteiger partial charge in [-0.15, -0.1) is 0 Å². The summed E-state index contributed by atoms with van der Waals surface area (Å²) in [5.41, 5.74) is 0.324. The first-order chi connectivity index (χ1) is 8.77.